The molecule has 0 unspecified atom stereocenters. The Kier molecular flexibility index (Phi) is 3.39. The number of fused-ring (bicyclic) bond motifs is 1. The highest BCUT2D eigenvalue weighted by atomic mass is 16.3. The molecule has 2 heteroatoms. The second kappa shape index (κ2) is 4.40. The van der Waals surface area contributed by atoms with Crippen LogP contribution in [0.25, 0.3) is 0 Å². The Bertz CT molecular complexity index is 321. The lowest BCUT2D eigenvalue weighted by Crippen LogP contribution is -2.60. The van der Waals surface area contributed by atoms with E-state index in [1.54, 1.807) is 0 Å². The topological polar surface area (TPSA) is 40.5 Å². The van der Waals surface area contributed by atoms with Gasteiger partial charge in [-0.05, 0) is 43.9 Å². The number of allylic oxidation sites excluding steroid dienone is 1. The molecule has 98 valence electrons. The van der Waals surface area contributed by atoms with E-state index in [0.29, 0.717) is 11.8 Å². The van der Waals surface area contributed by atoms with E-state index in [2.05, 4.69) is 19.9 Å². The van der Waals surface area contributed by atoms with Crippen molar-refractivity contribution >= 4 is 0 Å². The molecule has 0 saturated heterocycles. The van der Waals surface area contributed by atoms with Gasteiger partial charge in [0.25, 0.3) is 0 Å². The Balaban J connectivity index is 2.40. The molecule has 17 heavy (non-hydrogen) atoms. The van der Waals surface area contributed by atoms with Crippen LogP contribution in [0.1, 0.15) is 47.0 Å². The third-order valence-electron chi connectivity index (χ3n) is 5.12. The lowest BCUT2D eigenvalue weighted by atomic mass is 9.56. The molecular formula is C15H26O2. The predicted molar refractivity (Wildman–Crippen MR) is 69.5 cm³/mol. The Morgan fingerprint density at radius 3 is 2.65 bits per heavy atom. The first-order valence-electron chi connectivity index (χ1n) is 6.95. The fourth-order valence-electron chi connectivity index (χ4n) is 3.91. The largest absolute Gasteiger partial charge is 0.390 e. The fourth-order valence-corrected chi connectivity index (χ4v) is 3.91. The molecule has 0 aromatic carbocycles. The Morgan fingerprint density at radius 2 is 2.06 bits per heavy atom. The zero-order valence-electron chi connectivity index (χ0n) is 11.5. The van der Waals surface area contributed by atoms with Crippen molar-refractivity contribution in [3.8, 4) is 0 Å². The molecule has 0 aliphatic heterocycles. The summed E-state index contributed by atoms with van der Waals surface area (Å²) in [6.07, 6.45) is 4.70. The molecule has 0 aromatic heterocycles. The first-order valence-corrected chi connectivity index (χ1v) is 6.95. The average Bonchev–Trinajstić information content (AvgIpc) is 2.25. The zero-order valence-corrected chi connectivity index (χ0v) is 11.5. The molecule has 1 fully saturated rings. The summed E-state index contributed by atoms with van der Waals surface area (Å²) < 4.78 is 0. The van der Waals surface area contributed by atoms with E-state index in [1.807, 2.05) is 13.8 Å². The summed E-state index contributed by atoms with van der Waals surface area (Å²) in [4.78, 5) is 0. The lowest BCUT2D eigenvalue weighted by molar-refractivity contribution is -0.181. The molecule has 0 radical (unpaired) electrons. The molecule has 5 atom stereocenters. The van der Waals surface area contributed by atoms with E-state index in [1.165, 1.54) is 5.57 Å². The number of hydrogen-bond donors (Lipinski definition) is 2. The van der Waals surface area contributed by atoms with E-state index >= 15 is 0 Å². The predicted octanol–water partition coefficient (Wildman–Crippen LogP) is 2.75. The van der Waals surface area contributed by atoms with Crippen molar-refractivity contribution in [2.45, 2.75) is 58.7 Å². The molecule has 2 nitrogen and oxygen atoms in total. The zero-order chi connectivity index (χ0) is 12.8. The molecule has 0 aromatic rings. The number of hydrogen-bond acceptors (Lipinski definition) is 2. The Labute approximate surface area is 105 Å². The van der Waals surface area contributed by atoms with Crippen LogP contribution in [0.3, 0.4) is 0 Å². The van der Waals surface area contributed by atoms with Crippen LogP contribution in [0.5, 0.6) is 0 Å². The molecule has 0 spiro atoms. The van der Waals surface area contributed by atoms with E-state index in [0.717, 1.165) is 19.3 Å². The molecule has 0 amide bonds. The maximum atomic E-state index is 11.0. The summed E-state index contributed by atoms with van der Waals surface area (Å²) in [5.41, 5.74) is 0.436. The minimum Gasteiger partial charge on any atom is -0.390 e. The molecule has 0 bridgehead atoms. The molecule has 2 aliphatic carbocycles. The van der Waals surface area contributed by atoms with Crippen molar-refractivity contribution in [3.05, 3.63) is 11.6 Å². The standard InChI is InChI=1S/C15H26O2/c1-9(2)15(17)13-7-10(3)5-6-12(13)11(4)8-14(15)16/h7,9,11-14,16-17H,5-6,8H2,1-4H3/t11-,12+,13+,14+,15-/m1/s1. The van der Waals surface area contributed by atoms with E-state index in [-0.39, 0.29) is 11.8 Å². The van der Waals surface area contributed by atoms with E-state index < -0.39 is 11.7 Å². The second-order valence-corrected chi connectivity index (χ2v) is 6.51. The van der Waals surface area contributed by atoms with Crippen LogP contribution in [-0.4, -0.2) is 21.9 Å². The van der Waals surface area contributed by atoms with E-state index in [4.69, 9.17) is 0 Å². The van der Waals surface area contributed by atoms with Gasteiger partial charge in [0.1, 0.15) is 0 Å². The quantitative estimate of drug-likeness (QED) is 0.690. The highest BCUT2D eigenvalue weighted by Gasteiger charge is 2.53. The third-order valence-corrected chi connectivity index (χ3v) is 5.12. The summed E-state index contributed by atoms with van der Waals surface area (Å²) in [5, 5.41) is 21.3. The third kappa shape index (κ3) is 1.96. The summed E-state index contributed by atoms with van der Waals surface area (Å²) in [7, 11) is 0. The first-order chi connectivity index (χ1) is 7.87. The Morgan fingerprint density at radius 1 is 1.41 bits per heavy atom. The summed E-state index contributed by atoms with van der Waals surface area (Å²) in [6.45, 7) is 8.40. The summed E-state index contributed by atoms with van der Waals surface area (Å²) in [6, 6.07) is 0. The second-order valence-electron chi connectivity index (χ2n) is 6.51. The fraction of sp³-hybridized carbons (Fsp3) is 0.867. The van der Waals surface area contributed by atoms with Crippen LogP contribution < -0.4 is 0 Å². The highest BCUT2D eigenvalue weighted by molar-refractivity contribution is 5.17. The average molecular weight is 238 g/mol. The van der Waals surface area contributed by atoms with Crippen LogP contribution in [0, 0.1) is 23.7 Å². The minimum atomic E-state index is -0.932. The monoisotopic (exact) mass is 238 g/mol. The van der Waals surface area contributed by atoms with Gasteiger partial charge in [0.15, 0.2) is 0 Å². The Hall–Kier alpha value is -0.340. The van der Waals surface area contributed by atoms with Gasteiger partial charge in [0, 0.05) is 5.92 Å². The molecular weight excluding hydrogens is 212 g/mol. The molecule has 2 N–H and O–H groups in total. The van der Waals surface area contributed by atoms with Crippen LogP contribution >= 0.6 is 0 Å². The minimum absolute atomic E-state index is 0.0969. The first kappa shape index (κ1) is 13.1. The molecule has 1 saturated carbocycles. The van der Waals surface area contributed by atoms with Gasteiger partial charge in [0.05, 0.1) is 11.7 Å². The highest BCUT2D eigenvalue weighted by Crippen LogP contribution is 2.50. The number of rotatable bonds is 1. The van der Waals surface area contributed by atoms with Crippen molar-refractivity contribution in [2.75, 3.05) is 0 Å². The normalized spacial score (nSPS) is 46.6. The van der Waals surface area contributed by atoms with Gasteiger partial charge in [-0.3, -0.25) is 0 Å². The van der Waals surface area contributed by atoms with Gasteiger partial charge >= 0.3 is 0 Å². The number of aliphatic hydroxyl groups is 2. The van der Waals surface area contributed by atoms with Gasteiger partial charge < -0.3 is 10.2 Å². The van der Waals surface area contributed by atoms with Gasteiger partial charge in [-0.1, -0.05) is 32.4 Å². The molecule has 0 heterocycles. The van der Waals surface area contributed by atoms with Crippen LogP contribution in [0.15, 0.2) is 11.6 Å². The van der Waals surface area contributed by atoms with Crippen molar-refractivity contribution < 1.29 is 10.2 Å². The summed E-state index contributed by atoms with van der Waals surface area (Å²) in [5.74, 6) is 1.28. The SMILES string of the molecule is CC1=C[C@H]2[C@@H](CC1)[C@H](C)C[C@H](O)[C@@]2(O)C(C)C. The molecule has 2 aliphatic rings. The van der Waals surface area contributed by atoms with Gasteiger partial charge in [0.2, 0.25) is 0 Å². The van der Waals surface area contributed by atoms with Gasteiger partial charge in [-0.25, -0.2) is 0 Å². The summed E-state index contributed by atoms with van der Waals surface area (Å²) >= 11 is 0. The van der Waals surface area contributed by atoms with Crippen LogP contribution in [0.2, 0.25) is 0 Å². The smallest absolute Gasteiger partial charge is 0.0993 e. The van der Waals surface area contributed by atoms with Crippen LogP contribution in [-0.2, 0) is 0 Å². The van der Waals surface area contributed by atoms with E-state index in [9.17, 15) is 10.2 Å². The van der Waals surface area contributed by atoms with Gasteiger partial charge in [-0.15, -0.1) is 0 Å². The molecule has 2 rings (SSSR count). The van der Waals surface area contributed by atoms with Crippen molar-refractivity contribution in [2.24, 2.45) is 23.7 Å². The lowest BCUT2D eigenvalue weighted by Gasteiger charge is -2.53. The van der Waals surface area contributed by atoms with Crippen molar-refractivity contribution in [1.82, 2.24) is 0 Å². The maximum Gasteiger partial charge on any atom is 0.0993 e. The van der Waals surface area contributed by atoms with Crippen LogP contribution in [0.4, 0.5) is 0 Å². The van der Waals surface area contributed by atoms with Gasteiger partial charge in [-0.2, -0.15) is 0 Å². The van der Waals surface area contributed by atoms with Crippen molar-refractivity contribution in [3.63, 3.8) is 0 Å². The number of aliphatic hydroxyl groups excluding tert-OH is 1. The van der Waals surface area contributed by atoms with Crippen molar-refractivity contribution in [1.29, 1.82) is 0 Å². The maximum absolute atomic E-state index is 11.0.